The van der Waals surface area contributed by atoms with Crippen LogP contribution < -0.4 is 15.9 Å². The Morgan fingerprint density at radius 2 is 2.05 bits per heavy atom. The number of benzene rings is 2. The van der Waals surface area contributed by atoms with Gasteiger partial charge in [0, 0.05) is 17.2 Å². The normalized spacial score (nSPS) is 10.6. The first-order valence-electron chi connectivity index (χ1n) is 6.30. The molecule has 0 amide bonds. The Balaban J connectivity index is 2.15. The summed E-state index contributed by atoms with van der Waals surface area (Å²) < 4.78 is 32.4. The molecule has 114 valence electrons. The Bertz CT molecular complexity index is 707. The highest BCUT2D eigenvalue weighted by Gasteiger charge is 2.06. The monoisotopic (exact) mass is 321 g/mol. The summed E-state index contributed by atoms with van der Waals surface area (Å²) in [6, 6.07) is 10.1. The van der Waals surface area contributed by atoms with Crippen molar-refractivity contribution in [1.82, 2.24) is 5.43 Å². The fourth-order valence-electron chi connectivity index (χ4n) is 1.68. The predicted octanol–water partition coefficient (Wildman–Crippen LogP) is 2.71. The van der Waals surface area contributed by atoms with Crippen LogP contribution in [-0.2, 0) is 6.61 Å². The van der Waals surface area contributed by atoms with Crippen molar-refractivity contribution in [2.75, 3.05) is 0 Å². The Morgan fingerprint density at radius 3 is 2.77 bits per heavy atom. The Kier molecular flexibility index (Phi) is 5.37. The van der Waals surface area contributed by atoms with E-state index in [4.69, 9.17) is 10.5 Å². The minimum Gasteiger partial charge on any atom is -0.488 e. The van der Waals surface area contributed by atoms with E-state index >= 15 is 0 Å². The van der Waals surface area contributed by atoms with Crippen molar-refractivity contribution in [3.05, 3.63) is 65.2 Å². The van der Waals surface area contributed by atoms with E-state index in [1.165, 1.54) is 30.5 Å². The van der Waals surface area contributed by atoms with Crippen LogP contribution in [0.4, 0.5) is 8.78 Å². The lowest BCUT2D eigenvalue weighted by atomic mass is 10.2. The second-order valence-electron chi connectivity index (χ2n) is 4.30. The Hall–Kier alpha value is -2.54. The molecule has 0 saturated heterocycles. The zero-order valence-corrected chi connectivity index (χ0v) is 12.2. The summed E-state index contributed by atoms with van der Waals surface area (Å²) in [6.45, 7) is -0.0281. The largest absolute Gasteiger partial charge is 0.488 e. The predicted molar refractivity (Wildman–Crippen MR) is 84.6 cm³/mol. The van der Waals surface area contributed by atoms with Gasteiger partial charge in [-0.2, -0.15) is 5.10 Å². The molecule has 4 nitrogen and oxygen atoms in total. The molecule has 0 radical (unpaired) electrons. The number of thiocarbonyl (C=S) groups is 1. The molecule has 3 N–H and O–H groups in total. The minimum absolute atomic E-state index is 0.00665. The van der Waals surface area contributed by atoms with Crippen LogP contribution >= 0.6 is 12.2 Å². The molecule has 22 heavy (non-hydrogen) atoms. The number of hydrazone groups is 1. The van der Waals surface area contributed by atoms with Crippen molar-refractivity contribution >= 4 is 23.5 Å². The van der Waals surface area contributed by atoms with Crippen molar-refractivity contribution in [3.8, 4) is 5.75 Å². The fourth-order valence-corrected chi connectivity index (χ4v) is 1.73. The smallest absolute Gasteiger partial charge is 0.184 e. The molecular weight excluding hydrogens is 308 g/mol. The second-order valence-corrected chi connectivity index (χ2v) is 4.74. The molecule has 0 saturated carbocycles. The van der Waals surface area contributed by atoms with Crippen LogP contribution in [0.25, 0.3) is 0 Å². The van der Waals surface area contributed by atoms with Gasteiger partial charge in [-0.1, -0.05) is 18.2 Å². The van der Waals surface area contributed by atoms with Gasteiger partial charge in [-0.25, -0.2) is 8.78 Å². The van der Waals surface area contributed by atoms with E-state index < -0.39 is 5.82 Å². The lowest BCUT2D eigenvalue weighted by molar-refractivity contribution is 0.298. The summed E-state index contributed by atoms with van der Waals surface area (Å²) in [7, 11) is 0. The molecule has 7 heteroatoms. The zero-order chi connectivity index (χ0) is 15.9. The van der Waals surface area contributed by atoms with Gasteiger partial charge in [-0.15, -0.1) is 0 Å². The summed E-state index contributed by atoms with van der Waals surface area (Å²) in [5.41, 5.74) is 8.50. The molecule has 0 aliphatic heterocycles. The summed E-state index contributed by atoms with van der Waals surface area (Å²) in [6.07, 6.45) is 1.38. The highest BCUT2D eigenvalue weighted by Crippen LogP contribution is 2.20. The van der Waals surface area contributed by atoms with Gasteiger partial charge < -0.3 is 10.5 Å². The zero-order valence-electron chi connectivity index (χ0n) is 11.4. The van der Waals surface area contributed by atoms with E-state index in [-0.39, 0.29) is 23.3 Å². The van der Waals surface area contributed by atoms with Crippen LogP contribution in [0.1, 0.15) is 11.1 Å². The van der Waals surface area contributed by atoms with Crippen LogP contribution in [0.3, 0.4) is 0 Å². The molecule has 0 fully saturated rings. The van der Waals surface area contributed by atoms with Gasteiger partial charge >= 0.3 is 0 Å². The van der Waals surface area contributed by atoms with Crippen LogP contribution in [-0.4, -0.2) is 11.3 Å². The fraction of sp³-hybridized carbons (Fsp3) is 0.0667. The van der Waals surface area contributed by atoms with E-state index in [0.29, 0.717) is 11.1 Å². The quantitative estimate of drug-likeness (QED) is 0.505. The Morgan fingerprint density at radius 1 is 1.27 bits per heavy atom. The number of hydrogen-bond acceptors (Lipinski definition) is 3. The number of nitrogens with two attached hydrogens (primary N) is 1. The van der Waals surface area contributed by atoms with Gasteiger partial charge in [-0.3, -0.25) is 5.43 Å². The SMILES string of the molecule is NC(=S)NN=Cc1ccc(F)cc1OCc1ccccc1F. The van der Waals surface area contributed by atoms with E-state index in [1.54, 1.807) is 18.2 Å². The maximum absolute atomic E-state index is 13.5. The number of nitrogens with zero attached hydrogens (tertiary/aromatic N) is 1. The number of nitrogens with one attached hydrogen (secondary N) is 1. The molecule has 0 atom stereocenters. The lowest BCUT2D eigenvalue weighted by Gasteiger charge is -2.10. The van der Waals surface area contributed by atoms with Crippen LogP contribution in [0, 0.1) is 11.6 Å². The van der Waals surface area contributed by atoms with Crippen molar-refractivity contribution in [3.63, 3.8) is 0 Å². The third-order valence-corrected chi connectivity index (χ3v) is 2.79. The standard InChI is InChI=1S/C15H13F2N3OS/c16-12-6-5-10(8-19-20-15(18)22)14(7-12)21-9-11-3-1-2-4-13(11)17/h1-8H,9H2,(H3,18,20,22). The molecule has 2 rings (SSSR count). The first-order valence-corrected chi connectivity index (χ1v) is 6.71. The van der Waals surface area contributed by atoms with Gasteiger partial charge in [0.15, 0.2) is 5.11 Å². The topological polar surface area (TPSA) is 59.6 Å². The summed E-state index contributed by atoms with van der Waals surface area (Å²) >= 11 is 4.61. The van der Waals surface area contributed by atoms with Gasteiger partial charge in [0.05, 0.1) is 6.21 Å². The third kappa shape index (κ3) is 4.49. The van der Waals surface area contributed by atoms with Crippen molar-refractivity contribution in [2.24, 2.45) is 10.8 Å². The molecule has 0 bridgehead atoms. The first kappa shape index (κ1) is 15.8. The Labute approximate surface area is 131 Å². The maximum Gasteiger partial charge on any atom is 0.184 e. The molecule has 0 aliphatic rings. The van der Waals surface area contributed by atoms with Gasteiger partial charge in [-0.05, 0) is 30.4 Å². The molecular formula is C15H13F2N3OS. The van der Waals surface area contributed by atoms with Crippen molar-refractivity contribution in [1.29, 1.82) is 0 Å². The molecule has 2 aromatic carbocycles. The second kappa shape index (κ2) is 7.46. The molecule has 0 aromatic heterocycles. The van der Waals surface area contributed by atoms with Gasteiger partial charge in [0.1, 0.15) is 24.0 Å². The number of ether oxygens (including phenoxy) is 1. The van der Waals surface area contributed by atoms with Gasteiger partial charge in [0.25, 0.3) is 0 Å². The minimum atomic E-state index is -0.469. The number of hydrogen-bond donors (Lipinski definition) is 2. The highest BCUT2D eigenvalue weighted by atomic mass is 32.1. The average molecular weight is 321 g/mol. The van der Waals surface area contributed by atoms with Crippen LogP contribution in [0.2, 0.25) is 0 Å². The molecule has 0 aliphatic carbocycles. The van der Waals surface area contributed by atoms with Crippen molar-refractivity contribution in [2.45, 2.75) is 6.61 Å². The summed E-state index contributed by atoms with van der Waals surface area (Å²) in [5, 5.41) is 3.79. The molecule has 0 heterocycles. The van der Waals surface area contributed by atoms with Crippen molar-refractivity contribution < 1.29 is 13.5 Å². The number of rotatable bonds is 5. The van der Waals surface area contributed by atoms with E-state index in [1.807, 2.05) is 0 Å². The summed E-state index contributed by atoms with van der Waals surface area (Å²) in [5.74, 6) is -0.621. The highest BCUT2D eigenvalue weighted by molar-refractivity contribution is 7.80. The number of halogens is 2. The van der Waals surface area contributed by atoms with Gasteiger partial charge in [0.2, 0.25) is 0 Å². The average Bonchev–Trinajstić information content (AvgIpc) is 2.48. The van der Waals surface area contributed by atoms with Crippen LogP contribution in [0.15, 0.2) is 47.6 Å². The molecule has 0 unspecified atom stereocenters. The van der Waals surface area contributed by atoms with Crippen LogP contribution in [0.5, 0.6) is 5.75 Å². The van der Waals surface area contributed by atoms with E-state index in [0.717, 1.165) is 0 Å². The first-order chi connectivity index (χ1) is 10.6. The molecule has 2 aromatic rings. The summed E-state index contributed by atoms with van der Waals surface area (Å²) in [4.78, 5) is 0. The molecule has 0 spiro atoms. The maximum atomic E-state index is 13.5. The van der Waals surface area contributed by atoms with E-state index in [2.05, 4.69) is 22.7 Å². The third-order valence-electron chi connectivity index (χ3n) is 2.70. The lowest BCUT2D eigenvalue weighted by Crippen LogP contribution is -2.24. The van der Waals surface area contributed by atoms with E-state index in [9.17, 15) is 8.78 Å².